The van der Waals surface area contributed by atoms with Gasteiger partial charge in [-0.15, -0.1) is 0 Å². The number of ether oxygens (including phenoxy) is 6. The topological polar surface area (TPSA) is 72.5 Å². The van der Waals surface area contributed by atoms with Crippen molar-refractivity contribution in [3.05, 3.63) is 132 Å². The highest BCUT2D eigenvalue weighted by molar-refractivity contribution is 7.78. The van der Waals surface area contributed by atoms with E-state index in [4.69, 9.17) is 28.4 Å². The van der Waals surface area contributed by atoms with Gasteiger partial charge in [0, 0.05) is 17.7 Å². The molecule has 0 bridgehead atoms. The van der Waals surface area contributed by atoms with Crippen LogP contribution in [0.2, 0.25) is 0 Å². The maximum absolute atomic E-state index is 14.8. The maximum atomic E-state index is 14.8. The summed E-state index contributed by atoms with van der Waals surface area (Å²) in [5.41, 5.74) is 2.06. The van der Waals surface area contributed by atoms with Crippen LogP contribution in [0, 0.1) is 0 Å². The van der Waals surface area contributed by atoms with E-state index in [0.717, 1.165) is 21.7 Å². The molecule has 7 nitrogen and oxygen atoms in total. The molecule has 0 radical (unpaired) electrons. The molecule has 0 amide bonds. The molecular formula is C35H37O7P. The Hall–Kier alpha value is -3.13. The standard InChI is InChI=1S/C35H37O7P/c1-37-35-34(40-23-27-16-8-3-9-17-27)33(39-22-26-14-6-2-7-15-26)32-30(41-35)24-38-31(42-32)25-43(36,28-18-10-4-11-19-28)29-20-12-5-13-21-29/h2-21,30-35H,22-25H2,1H3/t30-,31-,32-,33+,34-,35+/m1/s1. The average molecular weight is 601 g/mol. The lowest BCUT2D eigenvalue weighted by molar-refractivity contribution is -0.363. The molecule has 4 aromatic rings. The highest BCUT2D eigenvalue weighted by Crippen LogP contribution is 2.46. The van der Waals surface area contributed by atoms with Gasteiger partial charge in [-0.3, -0.25) is 0 Å². The van der Waals surface area contributed by atoms with E-state index >= 15 is 0 Å². The maximum Gasteiger partial charge on any atom is 0.186 e. The van der Waals surface area contributed by atoms with E-state index in [1.54, 1.807) is 7.11 Å². The van der Waals surface area contributed by atoms with Gasteiger partial charge in [-0.2, -0.15) is 0 Å². The van der Waals surface area contributed by atoms with E-state index in [2.05, 4.69) is 0 Å². The Morgan fingerprint density at radius 3 is 1.67 bits per heavy atom. The third kappa shape index (κ3) is 7.00. The first-order valence-electron chi connectivity index (χ1n) is 14.6. The summed E-state index contributed by atoms with van der Waals surface area (Å²) in [6.45, 7) is 0.960. The first-order chi connectivity index (χ1) is 21.1. The van der Waals surface area contributed by atoms with E-state index in [-0.39, 0.29) is 12.8 Å². The van der Waals surface area contributed by atoms with Crippen LogP contribution >= 0.6 is 7.14 Å². The minimum atomic E-state index is -3.10. The molecule has 2 saturated heterocycles. The first kappa shape index (κ1) is 29.9. The molecule has 6 rings (SSSR count). The monoisotopic (exact) mass is 600 g/mol. The Kier molecular flexibility index (Phi) is 9.81. The average Bonchev–Trinajstić information content (AvgIpc) is 3.08. The molecule has 0 aromatic heterocycles. The number of rotatable bonds is 11. The van der Waals surface area contributed by atoms with Gasteiger partial charge >= 0.3 is 0 Å². The van der Waals surface area contributed by atoms with Gasteiger partial charge in [-0.1, -0.05) is 121 Å². The molecule has 2 aliphatic rings. The molecule has 0 unspecified atom stereocenters. The summed E-state index contributed by atoms with van der Waals surface area (Å²) in [5.74, 6) is 0. The normalized spacial score (nSPS) is 25.6. The van der Waals surface area contributed by atoms with E-state index in [1.165, 1.54) is 0 Å². The van der Waals surface area contributed by atoms with Crippen LogP contribution in [0.15, 0.2) is 121 Å². The Morgan fingerprint density at radius 1 is 0.674 bits per heavy atom. The molecule has 0 N–H and O–H groups in total. The second-order valence-electron chi connectivity index (χ2n) is 10.8. The number of methoxy groups -OCH3 is 1. The summed E-state index contributed by atoms with van der Waals surface area (Å²) >= 11 is 0. The minimum Gasteiger partial charge on any atom is -0.368 e. The van der Waals surface area contributed by atoms with Crippen molar-refractivity contribution in [2.75, 3.05) is 19.9 Å². The largest absolute Gasteiger partial charge is 0.368 e. The first-order valence-corrected chi connectivity index (χ1v) is 16.5. The molecule has 0 saturated carbocycles. The van der Waals surface area contributed by atoms with Crippen LogP contribution in [-0.4, -0.2) is 56.9 Å². The zero-order valence-corrected chi connectivity index (χ0v) is 25.0. The van der Waals surface area contributed by atoms with Gasteiger partial charge in [-0.05, 0) is 11.1 Å². The fourth-order valence-corrected chi connectivity index (χ4v) is 8.32. The van der Waals surface area contributed by atoms with Crippen molar-refractivity contribution in [2.45, 2.75) is 50.2 Å². The molecule has 0 spiro atoms. The Morgan fingerprint density at radius 2 is 1.16 bits per heavy atom. The highest BCUT2D eigenvalue weighted by Gasteiger charge is 2.52. The van der Waals surface area contributed by atoms with E-state index in [0.29, 0.717) is 13.2 Å². The SMILES string of the molecule is CO[C@H]1O[C@@H]2CO[C@@H](CP(=O)(c3ccccc3)c3ccccc3)O[C@H]2[C@H](OCc2ccccc2)[C@H]1OCc1ccccc1. The quantitative estimate of drug-likeness (QED) is 0.217. The number of benzene rings is 4. The van der Waals surface area contributed by atoms with Crippen molar-refractivity contribution in [1.29, 1.82) is 0 Å². The Balaban J connectivity index is 1.27. The molecular weight excluding hydrogens is 563 g/mol. The molecule has 2 aliphatic heterocycles. The van der Waals surface area contributed by atoms with Crippen LogP contribution in [0.4, 0.5) is 0 Å². The van der Waals surface area contributed by atoms with Crippen LogP contribution in [-0.2, 0) is 46.2 Å². The van der Waals surface area contributed by atoms with Crippen molar-refractivity contribution in [1.82, 2.24) is 0 Å². The predicted octanol–water partition coefficient (Wildman–Crippen LogP) is 5.28. The van der Waals surface area contributed by atoms with Crippen molar-refractivity contribution in [3.8, 4) is 0 Å². The zero-order valence-electron chi connectivity index (χ0n) is 24.1. The molecule has 224 valence electrons. The van der Waals surface area contributed by atoms with Crippen LogP contribution in [0.5, 0.6) is 0 Å². The van der Waals surface area contributed by atoms with Crippen LogP contribution in [0.3, 0.4) is 0 Å². The lowest BCUT2D eigenvalue weighted by Gasteiger charge is -2.49. The molecule has 2 heterocycles. The van der Waals surface area contributed by atoms with Crippen LogP contribution in [0.25, 0.3) is 0 Å². The number of hydrogen-bond donors (Lipinski definition) is 0. The van der Waals surface area contributed by atoms with Crippen LogP contribution < -0.4 is 10.6 Å². The highest BCUT2D eigenvalue weighted by atomic mass is 31.2. The lowest BCUT2D eigenvalue weighted by Crippen LogP contribution is -2.64. The fraction of sp³-hybridized carbons (Fsp3) is 0.314. The third-order valence-corrected chi connectivity index (χ3v) is 11.0. The summed E-state index contributed by atoms with van der Waals surface area (Å²) in [6.07, 6.45) is -3.35. The Bertz CT molecular complexity index is 1410. The second-order valence-corrected chi connectivity index (χ2v) is 13.6. The summed E-state index contributed by atoms with van der Waals surface area (Å²) < 4.78 is 52.7. The van der Waals surface area contributed by atoms with Crippen molar-refractivity contribution >= 4 is 17.8 Å². The van der Waals surface area contributed by atoms with Gasteiger partial charge in [0.05, 0.1) is 26.0 Å². The Labute approximate surface area is 253 Å². The van der Waals surface area contributed by atoms with Gasteiger partial charge in [0.2, 0.25) is 0 Å². The number of fused-ring (bicyclic) bond motifs is 1. The zero-order chi connectivity index (χ0) is 29.5. The molecule has 43 heavy (non-hydrogen) atoms. The molecule has 6 atom stereocenters. The van der Waals surface area contributed by atoms with Gasteiger partial charge < -0.3 is 33.0 Å². The molecule has 4 aromatic carbocycles. The van der Waals surface area contributed by atoms with E-state index in [1.807, 2.05) is 121 Å². The minimum absolute atomic E-state index is 0.179. The summed E-state index contributed by atoms with van der Waals surface area (Å²) in [5, 5.41) is 1.52. The number of hydrogen-bond acceptors (Lipinski definition) is 7. The molecule has 0 aliphatic carbocycles. The van der Waals surface area contributed by atoms with Gasteiger partial charge in [-0.25, -0.2) is 0 Å². The lowest BCUT2D eigenvalue weighted by atomic mass is 9.97. The fourth-order valence-electron chi connectivity index (χ4n) is 5.69. The van der Waals surface area contributed by atoms with Crippen molar-refractivity contribution < 1.29 is 33.0 Å². The van der Waals surface area contributed by atoms with E-state index in [9.17, 15) is 4.57 Å². The van der Waals surface area contributed by atoms with Crippen molar-refractivity contribution in [2.24, 2.45) is 0 Å². The van der Waals surface area contributed by atoms with Gasteiger partial charge in [0.25, 0.3) is 0 Å². The van der Waals surface area contributed by atoms with Crippen LogP contribution in [0.1, 0.15) is 11.1 Å². The summed E-state index contributed by atoms with van der Waals surface area (Å²) in [6, 6.07) is 39.1. The second kappa shape index (κ2) is 14.1. The molecule has 8 heteroatoms. The van der Waals surface area contributed by atoms with Gasteiger partial charge in [0.1, 0.15) is 31.6 Å². The predicted molar refractivity (Wildman–Crippen MR) is 165 cm³/mol. The molecule has 2 fully saturated rings. The summed E-state index contributed by atoms with van der Waals surface area (Å²) in [7, 11) is -1.50. The smallest absolute Gasteiger partial charge is 0.186 e. The third-order valence-electron chi connectivity index (χ3n) is 7.90. The van der Waals surface area contributed by atoms with Crippen molar-refractivity contribution in [3.63, 3.8) is 0 Å². The summed E-state index contributed by atoms with van der Waals surface area (Å²) in [4.78, 5) is 0. The van der Waals surface area contributed by atoms with E-state index < -0.39 is 44.1 Å². The van der Waals surface area contributed by atoms with Gasteiger partial charge in [0.15, 0.2) is 12.6 Å².